The number of nitrogens with zero attached hydrogens (tertiary/aromatic N) is 3. The summed E-state index contributed by atoms with van der Waals surface area (Å²) in [5.74, 6) is 0.578. The first kappa shape index (κ1) is 14.5. The molecule has 0 bridgehead atoms. The smallest absolute Gasteiger partial charge is 0.276 e. The van der Waals surface area contributed by atoms with Gasteiger partial charge in [-0.2, -0.15) is 5.10 Å². The Hall–Kier alpha value is -2.43. The summed E-state index contributed by atoms with van der Waals surface area (Å²) in [7, 11) is 0. The van der Waals surface area contributed by atoms with Gasteiger partial charge in [0.25, 0.3) is 5.91 Å². The topological polar surface area (TPSA) is 58.1 Å². The van der Waals surface area contributed by atoms with Gasteiger partial charge in [-0.3, -0.25) is 4.79 Å². The highest BCUT2D eigenvalue weighted by atomic mass is 16.1. The van der Waals surface area contributed by atoms with Gasteiger partial charge in [0.05, 0.1) is 0 Å². The van der Waals surface area contributed by atoms with Crippen LogP contribution in [0.2, 0.25) is 0 Å². The minimum atomic E-state index is -0.243. The van der Waals surface area contributed by atoms with E-state index in [2.05, 4.69) is 39.5 Å². The molecule has 0 radical (unpaired) electrons. The van der Waals surface area contributed by atoms with E-state index >= 15 is 0 Å². The Bertz CT molecular complexity index is 619. The molecule has 1 aromatic carbocycles. The summed E-state index contributed by atoms with van der Waals surface area (Å²) in [6.45, 7) is 4.52. The maximum absolute atomic E-state index is 12.0. The number of carbonyl (C=O) groups excluding carboxylic acids is 1. The van der Waals surface area contributed by atoms with Gasteiger partial charge >= 0.3 is 0 Å². The van der Waals surface area contributed by atoms with Crippen molar-refractivity contribution >= 4 is 17.3 Å². The Morgan fingerprint density at radius 2 is 1.91 bits per heavy atom. The molecule has 0 spiro atoms. The van der Waals surface area contributed by atoms with Gasteiger partial charge in [-0.15, -0.1) is 5.10 Å². The molecular weight excluding hydrogens is 276 g/mol. The number of aromatic nitrogens is 2. The molecule has 3 rings (SSSR count). The van der Waals surface area contributed by atoms with Crippen LogP contribution >= 0.6 is 0 Å². The largest absolute Gasteiger partial charge is 0.372 e. The van der Waals surface area contributed by atoms with Crippen LogP contribution in [0.25, 0.3) is 0 Å². The standard InChI is InChI=1S/C17H20N4O/c1-13-8-11-21(12-9-13)15-6-4-14(5-7-15)19-17(22)16-3-2-10-18-20-16/h2-7,10,13H,8-9,11-12H2,1H3,(H,19,22). The minimum Gasteiger partial charge on any atom is -0.372 e. The molecule has 1 aliphatic heterocycles. The molecular formula is C17H20N4O. The predicted molar refractivity (Wildman–Crippen MR) is 87.0 cm³/mol. The highest BCUT2D eigenvalue weighted by Gasteiger charge is 2.16. The van der Waals surface area contributed by atoms with Crippen LogP contribution in [0.1, 0.15) is 30.3 Å². The first-order valence-electron chi connectivity index (χ1n) is 7.66. The van der Waals surface area contributed by atoms with Crippen LogP contribution in [0.4, 0.5) is 11.4 Å². The van der Waals surface area contributed by atoms with Gasteiger partial charge in [0.1, 0.15) is 0 Å². The number of carbonyl (C=O) groups is 1. The third-order valence-corrected chi connectivity index (χ3v) is 4.08. The van der Waals surface area contributed by atoms with Crippen LogP contribution in [0.15, 0.2) is 42.6 Å². The summed E-state index contributed by atoms with van der Waals surface area (Å²) in [4.78, 5) is 14.4. The van der Waals surface area contributed by atoms with Gasteiger partial charge in [0.2, 0.25) is 0 Å². The fourth-order valence-electron chi connectivity index (χ4n) is 2.64. The normalized spacial score (nSPS) is 15.6. The number of piperidine rings is 1. The summed E-state index contributed by atoms with van der Waals surface area (Å²) >= 11 is 0. The molecule has 1 saturated heterocycles. The number of amides is 1. The number of nitrogens with one attached hydrogen (secondary N) is 1. The lowest BCUT2D eigenvalue weighted by Crippen LogP contribution is -2.32. The summed E-state index contributed by atoms with van der Waals surface area (Å²) in [6, 6.07) is 11.3. The maximum atomic E-state index is 12.0. The molecule has 0 unspecified atom stereocenters. The summed E-state index contributed by atoms with van der Waals surface area (Å²) in [5.41, 5.74) is 2.30. The van der Waals surface area contributed by atoms with E-state index in [0.717, 1.165) is 24.7 Å². The molecule has 1 N–H and O–H groups in total. The lowest BCUT2D eigenvalue weighted by molar-refractivity contribution is 0.102. The lowest BCUT2D eigenvalue weighted by Gasteiger charge is -2.32. The Kier molecular flexibility index (Phi) is 4.32. The predicted octanol–water partition coefficient (Wildman–Crippen LogP) is 2.97. The van der Waals surface area contributed by atoms with Crippen molar-refractivity contribution in [2.75, 3.05) is 23.3 Å². The highest BCUT2D eigenvalue weighted by molar-refractivity contribution is 6.02. The molecule has 1 amide bonds. The second kappa shape index (κ2) is 6.56. The average Bonchev–Trinajstić information content (AvgIpc) is 2.57. The Balaban J connectivity index is 1.63. The Labute approximate surface area is 130 Å². The monoisotopic (exact) mass is 296 g/mol. The maximum Gasteiger partial charge on any atom is 0.276 e. The zero-order valence-corrected chi connectivity index (χ0v) is 12.7. The van der Waals surface area contributed by atoms with Crippen molar-refractivity contribution in [3.8, 4) is 0 Å². The minimum absolute atomic E-state index is 0.243. The van der Waals surface area contributed by atoms with E-state index in [0.29, 0.717) is 5.69 Å². The van der Waals surface area contributed by atoms with E-state index in [-0.39, 0.29) is 5.91 Å². The zero-order valence-electron chi connectivity index (χ0n) is 12.7. The van der Waals surface area contributed by atoms with E-state index in [1.165, 1.54) is 18.5 Å². The van der Waals surface area contributed by atoms with Gasteiger partial charge in [-0.1, -0.05) is 6.92 Å². The number of rotatable bonds is 3. The fourth-order valence-corrected chi connectivity index (χ4v) is 2.64. The first-order chi connectivity index (χ1) is 10.7. The van der Waals surface area contributed by atoms with Crippen LogP contribution in [-0.2, 0) is 0 Å². The number of hydrogen-bond acceptors (Lipinski definition) is 4. The quantitative estimate of drug-likeness (QED) is 0.946. The lowest BCUT2D eigenvalue weighted by atomic mass is 9.99. The molecule has 5 nitrogen and oxygen atoms in total. The second-order valence-electron chi connectivity index (χ2n) is 5.78. The van der Waals surface area contributed by atoms with Gasteiger partial charge in [-0.05, 0) is 55.2 Å². The van der Waals surface area contributed by atoms with E-state index in [1.54, 1.807) is 18.3 Å². The molecule has 0 atom stereocenters. The summed E-state index contributed by atoms with van der Waals surface area (Å²) in [6.07, 6.45) is 4.03. The SMILES string of the molecule is CC1CCN(c2ccc(NC(=O)c3cccnn3)cc2)CC1. The number of hydrogen-bond donors (Lipinski definition) is 1. The van der Waals surface area contributed by atoms with Crippen molar-refractivity contribution in [3.05, 3.63) is 48.3 Å². The number of anilines is 2. The average molecular weight is 296 g/mol. The second-order valence-corrected chi connectivity index (χ2v) is 5.78. The molecule has 0 saturated carbocycles. The molecule has 1 fully saturated rings. The van der Waals surface area contributed by atoms with E-state index in [9.17, 15) is 4.79 Å². The van der Waals surface area contributed by atoms with E-state index < -0.39 is 0 Å². The van der Waals surface area contributed by atoms with Gasteiger partial charge in [-0.25, -0.2) is 0 Å². The van der Waals surface area contributed by atoms with E-state index in [4.69, 9.17) is 0 Å². The molecule has 0 aliphatic carbocycles. The van der Waals surface area contributed by atoms with Crippen molar-refractivity contribution in [2.45, 2.75) is 19.8 Å². The third-order valence-electron chi connectivity index (χ3n) is 4.08. The molecule has 1 aromatic heterocycles. The summed E-state index contributed by atoms with van der Waals surface area (Å²) in [5, 5.41) is 10.3. The zero-order chi connectivity index (χ0) is 15.4. The van der Waals surface area contributed by atoms with E-state index in [1.807, 2.05) is 12.1 Å². The molecule has 2 aromatic rings. The van der Waals surface area contributed by atoms with Crippen LogP contribution in [0.3, 0.4) is 0 Å². The Morgan fingerprint density at radius 3 is 2.55 bits per heavy atom. The molecule has 22 heavy (non-hydrogen) atoms. The van der Waals surface area contributed by atoms with Gasteiger partial charge < -0.3 is 10.2 Å². The molecule has 5 heteroatoms. The van der Waals surface area contributed by atoms with Crippen molar-refractivity contribution in [2.24, 2.45) is 5.92 Å². The van der Waals surface area contributed by atoms with Gasteiger partial charge in [0, 0.05) is 30.7 Å². The van der Waals surface area contributed by atoms with Gasteiger partial charge in [0.15, 0.2) is 5.69 Å². The fraction of sp³-hybridized carbons (Fsp3) is 0.353. The van der Waals surface area contributed by atoms with Crippen molar-refractivity contribution in [1.29, 1.82) is 0 Å². The van der Waals surface area contributed by atoms with Crippen LogP contribution in [-0.4, -0.2) is 29.2 Å². The summed E-state index contributed by atoms with van der Waals surface area (Å²) < 4.78 is 0. The van der Waals surface area contributed by atoms with Crippen LogP contribution < -0.4 is 10.2 Å². The van der Waals surface area contributed by atoms with Crippen molar-refractivity contribution in [1.82, 2.24) is 10.2 Å². The van der Waals surface area contributed by atoms with Crippen LogP contribution in [0, 0.1) is 5.92 Å². The Morgan fingerprint density at radius 1 is 1.18 bits per heavy atom. The third kappa shape index (κ3) is 3.42. The molecule has 1 aliphatic rings. The highest BCUT2D eigenvalue weighted by Crippen LogP contribution is 2.24. The molecule has 114 valence electrons. The van der Waals surface area contributed by atoms with Crippen molar-refractivity contribution in [3.63, 3.8) is 0 Å². The first-order valence-corrected chi connectivity index (χ1v) is 7.66. The van der Waals surface area contributed by atoms with Crippen LogP contribution in [0.5, 0.6) is 0 Å². The number of benzene rings is 1. The van der Waals surface area contributed by atoms with Crippen molar-refractivity contribution < 1.29 is 4.79 Å². The molecule has 2 heterocycles.